The maximum atomic E-state index is 8.81. The van der Waals surface area contributed by atoms with Gasteiger partial charge in [0.25, 0.3) is 0 Å². The summed E-state index contributed by atoms with van der Waals surface area (Å²) in [6.45, 7) is 2.62. The molecule has 1 fully saturated rings. The average Bonchev–Trinajstić information content (AvgIpc) is 2.38. The van der Waals surface area contributed by atoms with E-state index in [4.69, 9.17) is 5.11 Å². The van der Waals surface area contributed by atoms with Crippen LogP contribution in [0.25, 0.3) is 0 Å². The summed E-state index contributed by atoms with van der Waals surface area (Å²) in [6, 6.07) is 4.15. The van der Waals surface area contributed by atoms with E-state index >= 15 is 0 Å². The molecule has 2 heterocycles. The molecule has 0 saturated carbocycles. The van der Waals surface area contributed by atoms with Crippen molar-refractivity contribution in [2.24, 2.45) is 5.92 Å². The van der Waals surface area contributed by atoms with Gasteiger partial charge in [0.2, 0.25) is 0 Å². The number of aliphatic hydroxyl groups is 1. The molecule has 3 nitrogen and oxygen atoms in total. The first-order valence-corrected chi connectivity index (χ1v) is 6.16. The Hall–Kier alpha value is -1.09. The molecule has 1 aromatic heterocycles. The molecule has 0 bridgehead atoms. The SMILES string of the molecule is OCCCC1CCN(c2ccncc2)CC1. The van der Waals surface area contributed by atoms with Crippen LogP contribution < -0.4 is 4.90 Å². The molecule has 2 rings (SSSR count). The van der Waals surface area contributed by atoms with Gasteiger partial charge in [-0.25, -0.2) is 0 Å². The van der Waals surface area contributed by atoms with Gasteiger partial charge in [-0.05, 0) is 43.7 Å². The van der Waals surface area contributed by atoms with Crippen molar-refractivity contribution in [3.63, 3.8) is 0 Å². The third kappa shape index (κ3) is 2.95. The van der Waals surface area contributed by atoms with Crippen molar-refractivity contribution in [2.75, 3.05) is 24.6 Å². The second-order valence-corrected chi connectivity index (χ2v) is 4.50. The average molecular weight is 220 g/mol. The monoisotopic (exact) mass is 220 g/mol. The molecule has 1 N–H and O–H groups in total. The Bertz CT molecular complexity index is 294. The third-order valence-electron chi connectivity index (χ3n) is 3.41. The summed E-state index contributed by atoms with van der Waals surface area (Å²) in [5, 5.41) is 8.81. The highest BCUT2D eigenvalue weighted by molar-refractivity contribution is 5.44. The first-order valence-electron chi connectivity index (χ1n) is 6.16. The van der Waals surface area contributed by atoms with Gasteiger partial charge in [0.05, 0.1) is 0 Å². The first kappa shape index (κ1) is 11.4. The highest BCUT2D eigenvalue weighted by Crippen LogP contribution is 2.25. The van der Waals surface area contributed by atoms with Crippen LogP contribution in [0.3, 0.4) is 0 Å². The van der Waals surface area contributed by atoms with Crippen LogP contribution in [0.1, 0.15) is 25.7 Å². The van der Waals surface area contributed by atoms with Crippen molar-refractivity contribution >= 4 is 5.69 Å². The topological polar surface area (TPSA) is 36.4 Å². The van der Waals surface area contributed by atoms with E-state index in [0.29, 0.717) is 6.61 Å². The molecule has 0 atom stereocenters. The van der Waals surface area contributed by atoms with Gasteiger partial charge in [-0.2, -0.15) is 0 Å². The molecular weight excluding hydrogens is 200 g/mol. The molecule has 0 spiro atoms. The maximum Gasteiger partial charge on any atom is 0.0431 e. The fourth-order valence-electron chi connectivity index (χ4n) is 2.41. The minimum absolute atomic E-state index is 0.338. The van der Waals surface area contributed by atoms with Crippen LogP contribution in [0, 0.1) is 5.92 Å². The minimum Gasteiger partial charge on any atom is -0.396 e. The van der Waals surface area contributed by atoms with Crippen LogP contribution in [0.4, 0.5) is 5.69 Å². The van der Waals surface area contributed by atoms with E-state index in [1.54, 1.807) is 0 Å². The van der Waals surface area contributed by atoms with Crippen LogP contribution >= 0.6 is 0 Å². The summed E-state index contributed by atoms with van der Waals surface area (Å²) < 4.78 is 0. The number of aromatic nitrogens is 1. The van der Waals surface area contributed by atoms with E-state index in [1.165, 1.54) is 24.9 Å². The predicted octanol–water partition coefficient (Wildman–Crippen LogP) is 2.07. The molecule has 16 heavy (non-hydrogen) atoms. The van der Waals surface area contributed by atoms with Gasteiger partial charge in [-0.3, -0.25) is 4.98 Å². The Kier molecular flexibility index (Phi) is 4.17. The Morgan fingerprint density at radius 3 is 2.56 bits per heavy atom. The predicted molar refractivity (Wildman–Crippen MR) is 65.5 cm³/mol. The van der Waals surface area contributed by atoms with Gasteiger partial charge in [0.15, 0.2) is 0 Å². The van der Waals surface area contributed by atoms with Gasteiger partial charge in [-0.15, -0.1) is 0 Å². The highest BCUT2D eigenvalue weighted by atomic mass is 16.2. The van der Waals surface area contributed by atoms with Gasteiger partial charge < -0.3 is 10.0 Å². The van der Waals surface area contributed by atoms with Gasteiger partial charge in [0.1, 0.15) is 0 Å². The van der Waals surface area contributed by atoms with Crippen LogP contribution in [0.15, 0.2) is 24.5 Å². The fourth-order valence-corrected chi connectivity index (χ4v) is 2.41. The number of hydrogen-bond donors (Lipinski definition) is 1. The van der Waals surface area contributed by atoms with E-state index in [9.17, 15) is 0 Å². The van der Waals surface area contributed by atoms with Crippen molar-refractivity contribution in [3.8, 4) is 0 Å². The van der Waals surface area contributed by atoms with Gasteiger partial charge in [0, 0.05) is 37.8 Å². The van der Waals surface area contributed by atoms with Gasteiger partial charge >= 0.3 is 0 Å². The Balaban J connectivity index is 1.81. The van der Waals surface area contributed by atoms with Crippen molar-refractivity contribution in [1.29, 1.82) is 0 Å². The summed E-state index contributed by atoms with van der Waals surface area (Å²) in [4.78, 5) is 6.47. The summed E-state index contributed by atoms with van der Waals surface area (Å²) in [7, 11) is 0. The standard InChI is InChI=1S/C13H20N2O/c16-11-1-2-12-5-9-15(10-6-12)13-3-7-14-8-4-13/h3-4,7-8,12,16H,1-2,5-6,9-11H2. The maximum absolute atomic E-state index is 8.81. The van der Waals surface area contributed by atoms with Crippen molar-refractivity contribution in [1.82, 2.24) is 4.98 Å². The zero-order valence-electron chi connectivity index (χ0n) is 9.68. The summed E-state index contributed by atoms with van der Waals surface area (Å²) in [5.74, 6) is 0.810. The number of aliphatic hydroxyl groups excluding tert-OH is 1. The molecule has 1 aliphatic heterocycles. The lowest BCUT2D eigenvalue weighted by Gasteiger charge is -2.33. The van der Waals surface area contributed by atoms with E-state index in [1.807, 2.05) is 12.4 Å². The van der Waals surface area contributed by atoms with Crippen molar-refractivity contribution in [2.45, 2.75) is 25.7 Å². The lowest BCUT2D eigenvalue weighted by Crippen LogP contribution is -2.33. The Labute approximate surface area is 97.1 Å². The van der Waals surface area contributed by atoms with Crippen molar-refractivity contribution in [3.05, 3.63) is 24.5 Å². The molecule has 1 aromatic rings. The minimum atomic E-state index is 0.338. The third-order valence-corrected chi connectivity index (χ3v) is 3.41. The summed E-state index contributed by atoms with van der Waals surface area (Å²) in [5.41, 5.74) is 1.29. The number of hydrogen-bond acceptors (Lipinski definition) is 3. The fraction of sp³-hybridized carbons (Fsp3) is 0.615. The number of rotatable bonds is 4. The molecule has 88 valence electrons. The zero-order valence-corrected chi connectivity index (χ0v) is 9.68. The molecule has 1 saturated heterocycles. The van der Waals surface area contributed by atoms with Crippen LogP contribution in [0.2, 0.25) is 0 Å². The van der Waals surface area contributed by atoms with Crippen LogP contribution in [0.5, 0.6) is 0 Å². The summed E-state index contributed by atoms with van der Waals surface area (Å²) in [6.07, 6.45) is 8.35. The van der Waals surface area contributed by atoms with E-state index in [-0.39, 0.29) is 0 Å². The van der Waals surface area contributed by atoms with Gasteiger partial charge in [-0.1, -0.05) is 0 Å². The quantitative estimate of drug-likeness (QED) is 0.844. The Morgan fingerprint density at radius 1 is 1.25 bits per heavy atom. The molecule has 0 amide bonds. The van der Waals surface area contributed by atoms with E-state index < -0.39 is 0 Å². The smallest absolute Gasteiger partial charge is 0.0431 e. The number of nitrogens with zero attached hydrogens (tertiary/aromatic N) is 2. The molecular formula is C13H20N2O. The second kappa shape index (κ2) is 5.85. The van der Waals surface area contributed by atoms with Crippen molar-refractivity contribution < 1.29 is 5.11 Å². The largest absolute Gasteiger partial charge is 0.396 e. The first-order chi connectivity index (χ1) is 7.90. The molecule has 0 aliphatic carbocycles. The number of pyridine rings is 1. The lowest BCUT2D eigenvalue weighted by atomic mass is 9.92. The normalized spacial score (nSPS) is 17.7. The lowest BCUT2D eigenvalue weighted by molar-refractivity contribution is 0.261. The molecule has 0 unspecified atom stereocenters. The summed E-state index contributed by atoms with van der Waals surface area (Å²) >= 11 is 0. The molecule has 0 aromatic carbocycles. The van der Waals surface area contributed by atoms with Crippen LogP contribution in [-0.4, -0.2) is 29.8 Å². The molecule has 0 radical (unpaired) electrons. The molecule has 3 heteroatoms. The highest BCUT2D eigenvalue weighted by Gasteiger charge is 2.18. The number of piperidine rings is 1. The molecule has 1 aliphatic rings. The number of anilines is 1. The van der Waals surface area contributed by atoms with E-state index in [2.05, 4.69) is 22.0 Å². The Morgan fingerprint density at radius 2 is 1.94 bits per heavy atom. The van der Waals surface area contributed by atoms with E-state index in [0.717, 1.165) is 25.4 Å². The van der Waals surface area contributed by atoms with Crippen LogP contribution in [-0.2, 0) is 0 Å². The second-order valence-electron chi connectivity index (χ2n) is 4.50. The zero-order chi connectivity index (χ0) is 11.2.